The molecule has 2 aliphatic heterocycles. The van der Waals surface area contributed by atoms with Gasteiger partial charge in [-0.3, -0.25) is 0 Å². The van der Waals surface area contributed by atoms with E-state index >= 15 is 0 Å². The summed E-state index contributed by atoms with van der Waals surface area (Å²) < 4.78 is 54.8. The smallest absolute Gasteiger partial charge is 0.216 e. The van der Waals surface area contributed by atoms with Crippen LogP contribution in [0.3, 0.4) is 0 Å². The molecule has 1 N–H and O–H groups in total. The maximum atomic E-state index is 14.4. The van der Waals surface area contributed by atoms with E-state index in [1.807, 2.05) is 30.3 Å². The molecule has 3 atom stereocenters. The minimum absolute atomic E-state index is 0.0245. The predicted molar refractivity (Wildman–Crippen MR) is 122 cm³/mol. The molecular formula is C22H24BrClFNO4S. The van der Waals surface area contributed by atoms with Crippen LogP contribution in [0.5, 0.6) is 5.75 Å². The number of epoxide rings is 1. The summed E-state index contributed by atoms with van der Waals surface area (Å²) in [6, 6.07) is 10.0. The number of rotatable bonds is 6. The third-order valence-corrected chi connectivity index (χ3v) is 9.46. The average Bonchev–Trinajstić information content (AvgIpc) is 3.43. The van der Waals surface area contributed by atoms with Crippen molar-refractivity contribution in [1.82, 2.24) is 4.72 Å². The number of nitrogens with one attached hydrogen (secondary N) is 1. The van der Waals surface area contributed by atoms with Crippen LogP contribution in [-0.4, -0.2) is 31.9 Å². The summed E-state index contributed by atoms with van der Waals surface area (Å²) in [7, 11) is -3.71. The second kappa shape index (κ2) is 7.99. The summed E-state index contributed by atoms with van der Waals surface area (Å²) in [6.45, 7) is 5.50. The van der Waals surface area contributed by atoms with E-state index in [0.29, 0.717) is 35.2 Å². The van der Waals surface area contributed by atoms with E-state index in [9.17, 15) is 12.8 Å². The van der Waals surface area contributed by atoms with Crippen molar-refractivity contribution in [3.05, 3.63) is 62.8 Å². The van der Waals surface area contributed by atoms with Crippen molar-refractivity contribution in [2.24, 2.45) is 0 Å². The van der Waals surface area contributed by atoms with Crippen molar-refractivity contribution in [2.75, 3.05) is 6.61 Å². The topological polar surface area (TPSA) is 67.9 Å². The first-order valence-corrected chi connectivity index (χ1v) is 12.6. The quantitative estimate of drug-likeness (QED) is 0.422. The molecule has 0 saturated carbocycles. The molecule has 0 spiro atoms. The molecule has 1 saturated heterocycles. The summed E-state index contributed by atoms with van der Waals surface area (Å²) in [6.07, 6.45) is 0.674. The minimum atomic E-state index is -3.71. The highest BCUT2D eigenvalue weighted by molar-refractivity contribution is 9.10. The Kier molecular flexibility index (Phi) is 5.92. The summed E-state index contributed by atoms with van der Waals surface area (Å²) in [5.74, 6) is -0.261. The first-order chi connectivity index (χ1) is 14.4. The number of ether oxygens (including phenoxy) is 2. The van der Waals surface area contributed by atoms with Gasteiger partial charge >= 0.3 is 0 Å². The zero-order chi connectivity index (χ0) is 22.6. The van der Waals surface area contributed by atoms with Gasteiger partial charge in [0, 0.05) is 22.5 Å². The fraction of sp³-hybridized carbons (Fsp3) is 0.455. The third-order valence-electron chi connectivity index (χ3n) is 5.78. The molecule has 0 aromatic heterocycles. The van der Waals surface area contributed by atoms with Gasteiger partial charge in [-0.15, -0.1) is 0 Å². The summed E-state index contributed by atoms with van der Waals surface area (Å²) in [5, 5.41) is -0.0245. The van der Waals surface area contributed by atoms with E-state index in [0.717, 1.165) is 5.56 Å². The lowest BCUT2D eigenvalue weighted by Gasteiger charge is -2.39. The van der Waals surface area contributed by atoms with Gasteiger partial charge < -0.3 is 9.47 Å². The monoisotopic (exact) mass is 531 g/mol. The molecule has 168 valence electrons. The van der Waals surface area contributed by atoms with Gasteiger partial charge in [-0.05, 0) is 48.7 Å². The Morgan fingerprint density at radius 3 is 2.55 bits per heavy atom. The van der Waals surface area contributed by atoms with Crippen molar-refractivity contribution >= 4 is 37.6 Å². The maximum Gasteiger partial charge on any atom is 0.216 e. The normalized spacial score (nSPS) is 23.9. The Bertz CT molecular complexity index is 1100. The van der Waals surface area contributed by atoms with Gasteiger partial charge in [-0.1, -0.05) is 41.9 Å². The van der Waals surface area contributed by atoms with Crippen LogP contribution in [0.25, 0.3) is 0 Å². The Balaban J connectivity index is 1.85. The van der Waals surface area contributed by atoms with Crippen LogP contribution < -0.4 is 9.46 Å². The maximum absolute atomic E-state index is 14.4. The lowest BCUT2D eigenvalue weighted by atomic mass is 9.81. The van der Waals surface area contributed by atoms with Crippen LogP contribution in [0.2, 0.25) is 5.02 Å². The van der Waals surface area contributed by atoms with Crippen LogP contribution in [-0.2, 0) is 26.8 Å². The number of fused-ring (bicyclic) bond motifs is 1. The number of hydrogen-bond acceptors (Lipinski definition) is 4. The second-order valence-corrected chi connectivity index (χ2v) is 12.6. The van der Waals surface area contributed by atoms with Crippen molar-refractivity contribution < 1.29 is 22.3 Å². The van der Waals surface area contributed by atoms with E-state index in [1.165, 1.54) is 6.07 Å². The molecule has 2 aliphatic rings. The Morgan fingerprint density at radius 1 is 1.32 bits per heavy atom. The first kappa shape index (κ1) is 23.0. The van der Waals surface area contributed by atoms with Gasteiger partial charge in [0.05, 0.1) is 28.5 Å². The summed E-state index contributed by atoms with van der Waals surface area (Å²) in [5.41, 5.74) is 0.400. The van der Waals surface area contributed by atoms with E-state index in [1.54, 1.807) is 20.8 Å². The van der Waals surface area contributed by atoms with Crippen molar-refractivity contribution in [3.8, 4) is 5.75 Å². The number of halogens is 3. The minimum Gasteiger partial charge on any atom is -0.480 e. The van der Waals surface area contributed by atoms with Gasteiger partial charge in [0.1, 0.15) is 11.6 Å². The molecular weight excluding hydrogens is 509 g/mol. The second-order valence-electron chi connectivity index (χ2n) is 8.97. The van der Waals surface area contributed by atoms with Gasteiger partial charge in [0.15, 0.2) is 5.60 Å². The van der Waals surface area contributed by atoms with Crippen molar-refractivity contribution in [1.29, 1.82) is 0 Å². The summed E-state index contributed by atoms with van der Waals surface area (Å²) in [4.78, 5) is 0. The average molecular weight is 533 g/mol. The van der Waals surface area contributed by atoms with E-state index in [4.69, 9.17) is 21.1 Å². The fourth-order valence-corrected chi connectivity index (χ4v) is 5.51. The molecule has 0 bridgehead atoms. The summed E-state index contributed by atoms with van der Waals surface area (Å²) >= 11 is 9.53. The zero-order valence-electron chi connectivity index (χ0n) is 17.4. The van der Waals surface area contributed by atoms with Crippen LogP contribution in [0.4, 0.5) is 4.39 Å². The third kappa shape index (κ3) is 4.25. The molecule has 0 radical (unpaired) electrons. The predicted octanol–water partition coefficient (Wildman–Crippen LogP) is 4.95. The Labute approximate surface area is 195 Å². The van der Waals surface area contributed by atoms with E-state index in [2.05, 4.69) is 20.7 Å². The zero-order valence-corrected chi connectivity index (χ0v) is 20.6. The van der Waals surface area contributed by atoms with Gasteiger partial charge in [-0.25, -0.2) is 17.5 Å². The van der Waals surface area contributed by atoms with Crippen LogP contribution >= 0.6 is 27.5 Å². The largest absolute Gasteiger partial charge is 0.480 e. The SMILES string of the molecule is CC(C)(C)S(=O)(=O)NC(CC1CO1)C1(c2ccccc2)Cc2c(cc(F)c(Cl)c2Br)O1. The molecule has 31 heavy (non-hydrogen) atoms. The van der Waals surface area contributed by atoms with Gasteiger partial charge in [0.25, 0.3) is 0 Å². The number of benzene rings is 2. The lowest BCUT2D eigenvalue weighted by molar-refractivity contribution is 0.0484. The molecule has 4 rings (SSSR count). The Morgan fingerprint density at radius 2 is 1.97 bits per heavy atom. The fourth-order valence-electron chi connectivity index (χ4n) is 3.80. The van der Waals surface area contributed by atoms with Crippen LogP contribution in [0.1, 0.15) is 38.3 Å². The molecule has 3 unspecified atom stereocenters. The highest BCUT2D eigenvalue weighted by Gasteiger charge is 2.52. The van der Waals surface area contributed by atoms with Crippen molar-refractivity contribution in [3.63, 3.8) is 0 Å². The molecule has 2 aromatic rings. The van der Waals surface area contributed by atoms with Crippen LogP contribution in [0, 0.1) is 5.82 Å². The van der Waals surface area contributed by atoms with Gasteiger partial charge in [0.2, 0.25) is 10.0 Å². The van der Waals surface area contributed by atoms with Crippen LogP contribution in [0.15, 0.2) is 40.9 Å². The molecule has 0 amide bonds. The lowest BCUT2D eigenvalue weighted by Crippen LogP contribution is -2.56. The highest BCUT2D eigenvalue weighted by Crippen LogP contribution is 2.50. The van der Waals surface area contributed by atoms with E-state index < -0.39 is 32.2 Å². The molecule has 9 heteroatoms. The Hall–Kier alpha value is -1.19. The standard InChI is InChI=1S/C22H24BrClFNO4S/c1-21(2,3)31(27,28)26-18(9-14-12-29-14)22(13-7-5-4-6-8-13)11-15-17(30-22)10-16(25)20(24)19(15)23/h4-8,10,14,18,26H,9,11-12H2,1-3H3. The number of sulfonamides is 1. The molecule has 5 nitrogen and oxygen atoms in total. The molecule has 2 aromatic carbocycles. The van der Waals surface area contributed by atoms with Crippen molar-refractivity contribution in [2.45, 2.75) is 56.1 Å². The first-order valence-electron chi connectivity index (χ1n) is 9.99. The number of hydrogen-bond donors (Lipinski definition) is 1. The molecule has 0 aliphatic carbocycles. The van der Waals surface area contributed by atoms with Gasteiger partial charge in [-0.2, -0.15) is 0 Å². The van der Waals surface area contributed by atoms with E-state index in [-0.39, 0.29) is 11.1 Å². The molecule has 1 fully saturated rings. The highest BCUT2D eigenvalue weighted by atomic mass is 79.9. The molecule has 2 heterocycles.